The minimum Gasteiger partial charge on any atom is -0.352 e. The minimum atomic E-state index is -3.60. The Balaban J connectivity index is 1.73. The molecule has 1 aliphatic heterocycles. The van der Waals surface area contributed by atoms with Gasteiger partial charge in [0.2, 0.25) is 15.9 Å². The molecule has 25 heavy (non-hydrogen) atoms. The van der Waals surface area contributed by atoms with Crippen molar-refractivity contribution < 1.29 is 13.2 Å². The molecule has 134 valence electrons. The van der Waals surface area contributed by atoms with Crippen LogP contribution in [0.4, 0.5) is 0 Å². The van der Waals surface area contributed by atoms with E-state index in [1.807, 2.05) is 30.3 Å². The highest BCUT2D eigenvalue weighted by molar-refractivity contribution is 7.89. The fraction of sp³-hybridized carbons (Fsp3) is 0.412. The fourth-order valence-corrected chi connectivity index (χ4v) is 4.53. The van der Waals surface area contributed by atoms with Gasteiger partial charge in [0, 0.05) is 32.3 Å². The fourth-order valence-electron chi connectivity index (χ4n) is 3.05. The lowest BCUT2D eigenvalue weighted by molar-refractivity contribution is -0.119. The minimum absolute atomic E-state index is 0.139. The van der Waals surface area contributed by atoms with E-state index in [0.29, 0.717) is 19.6 Å². The maximum absolute atomic E-state index is 12.8. The molecular formula is C17H22N4O3S. The van der Waals surface area contributed by atoms with Crippen LogP contribution in [0, 0.1) is 0 Å². The number of piperidine rings is 1. The molecule has 8 heteroatoms. The SMILES string of the molecule is CC(=O)NC1CCCN(S(=O)(=O)c2cnn(Cc3ccccc3)c2)C1. The summed E-state index contributed by atoms with van der Waals surface area (Å²) in [6.45, 7) is 2.72. The van der Waals surface area contributed by atoms with Crippen molar-refractivity contribution >= 4 is 15.9 Å². The number of carbonyl (C=O) groups excluding carboxylic acids is 1. The van der Waals surface area contributed by atoms with E-state index in [-0.39, 0.29) is 16.8 Å². The molecule has 7 nitrogen and oxygen atoms in total. The molecule has 1 saturated heterocycles. The van der Waals surface area contributed by atoms with Gasteiger partial charge in [-0.15, -0.1) is 0 Å². The third kappa shape index (κ3) is 4.26. The Morgan fingerprint density at radius 3 is 2.80 bits per heavy atom. The number of hydrogen-bond donors (Lipinski definition) is 1. The van der Waals surface area contributed by atoms with E-state index >= 15 is 0 Å². The summed E-state index contributed by atoms with van der Waals surface area (Å²) < 4.78 is 28.7. The number of nitrogens with one attached hydrogen (secondary N) is 1. The predicted octanol–water partition coefficient (Wildman–Crippen LogP) is 1.22. The van der Waals surface area contributed by atoms with Gasteiger partial charge in [-0.2, -0.15) is 9.40 Å². The van der Waals surface area contributed by atoms with Gasteiger partial charge in [0.25, 0.3) is 0 Å². The first-order chi connectivity index (χ1) is 11.9. The molecule has 0 spiro atoms. The van der Waals surface area contributed by atoms with Crippen LogP contribution in [0.1, 0.15) is 25.3 Å². The van der Waals surface area contributed by atoms with E-state index in [1.54, 1.807) is 10.9 Å². The van der Waals surface area contributed by atoms with E-state index < -0.39 is 10.0 Å². The Morgan fingerprint density at radius 1 is 1.32 bits per heavy atom. The Bertz CT molecular complexity index is 833. The molecular weight excluding hydrogens is 340 g/mol. The molecule has 2 heterocycles. The van der Waals surface area contributed by atoms with Gasteiger partial charge < -0.3 is 5.32 Å². The van der Waals surface area contributed by atoms with Crippen LogP contribution in [0.2, 0.25) is 0 Å². The van der Waals surface area contributed by atoms with Crippen molar-refractivity contribution in [3.8, 4) is 0 Å². The molecule has 2 aromatic rings. The van der Waals surface area contributed by atoms with Crippen LogP contribution < -0.4 is 5.32 Å². The van der Waals surface area contributed by atoms with Crippen molar-refractivity contribution in [2.45, 2.75) is 37.2 Å². The van der Waals surface area contributed by atoms with Crippen molar-refractivity contribution in [3.05, 3.63) is 48.3 Å². The summed E-state index contributed by atoms with van der Waals surface area (Å²) in [6, 6.07) is 9.61. The van der Waals surface area contributed by atoms with Gasteiger partial charge in [0.1, 0.15) is 4.90 Å². The van der Waals surface area contributed by atoms with Crippen LogP contribution in [0.15, 0.2) is 47.6 Å². The Kier molecular flexibility index (Phi) is 5.19. The van der Waals surface area contributed by atoms with Gasteiger partial charge in [0.15, 0.2) is 0 Å². The van der Waals surface area contributed by atoms with Gasteiger partial charge >= 0.3 is 0 Å². The smallest absolute Gasteiger partial charge is 0.246 e. The number of aromatic nitrogens is 2. The van der Waals surface area contributed by atoms with Crippen LogP contribution in [0.3, 0.4) is 0 Å². The summed E-state index contributed by atoms with van der Waals surface area (Å²) in [5, 5.41) is 6.99. The summed E-state index contributed by atoms with van der Waals surface area (Å²) in [5.74, 6) is -0.139. The van der Waals surface area contributed by atoms with Crippen molar-refractivity contribution in [1.29, 1.82) is 0 Å². The molecule has 0 saturated carbocycles. The molecule has 0 bridgehead atoms. The largest absolute Gasteiger partial charge is 0.352 e. The lowest BCUT2D eigenvalue weighted by Crippen LogP contribution is -2.49. The number of carbonyl (C=O) groups is 1. The third-order valence-electron chi connectivity index (χ3n) is 4.23. The Hall–Kier alpha value is -2.19. The topological polar surface area (TPSA) is 84.3 Å². The second-order valence-corrected chi connectivity index (χ2v) is 8.20. The van der Waals surface area contributed by atoms with Gasteiger partial charge in [0.05, 0.1) is 12.7 Å². The highest BCUT2D eigenvalue weighted by atomic mass is 32.2. The zero-order valence-electron chi connectivity index (χ0n) is 14.1. The lowest BCUT2D eigenvalue weighted by atomic mass is 10.1. The van der Waals surface area contributed by atoms with Crippen LogP contribution in [0.5, 0.6) is 0 Å². The number of benzene rings is 1. The molecule has 1 amide bonds. The average molecular weight is 362 g/mol. The van der Waals surface area contributed by atoms with E-state index in [4.69, 9.17) is 0 Å². The number of rotatable bonds is 5. The molecule has 3 rings (SSSR count). The molecule has 0 aliphatic carbocycles. The first-order valence-electron chi connectivity index (χ1n) is 8.29. The van der Waals surface area contributed by atoms with E-state index in [0.717, 1.165) is 18.4 Å². The van der Waals surface area contributed by atoms with E-state index in [1.165, 1.54) is 17.4 Å². The summed E-state index contributed by atoms with van der Waals surface area (Å²) >= 11 is 0. The predicted molar refractivity (Wildman–Crippen MR) is 93.4 cm³/mol. The summed E-state index contributed by atoms with van der Waals surface area (Å²) in [7, 11) is -3.60. The maximum Gasteiger partial charge on any atom is 0.246 e. The summed E-state index contributed by atoms with van der Waals surface area (Å²) in [4.78, 5) is 11.4. The molecule has 1 unspecified atom stereocenters. The molecule has 1 aromatic carbocycles. The van der Waals surface area contributed by atoms with Crippen LogP contribution in [-0.4, -0.2) is 47.5 Å². The number of hydrogen-bond acceptors (Lipinski definition) is 4. The second kappa shape index (κ2) is 7.37. The van der Waals surface area contributed by atoms with Gasteiger partial charge in [-0.25, -0.2) is 8.42 Å². The Labute approximate surface area is 147 Å². The van der Waals surface area contributed by atoms with Crippen LogP contribution in [-0.2, 0) is 21.4 Å². The van der Waals surface area contributed by atoms with Crippen LogP contribution >= 0.6 is 0 Å². The van der Waals surface area contributed by atoms with Crippen molar-refractivity contribution in [1.82, 2.24) is 19.4 Å². The van der Waals surface area contributed by atoms with Gasteiger partial charge in [-0.1, -0.05) is 30.3 Å². The van der Waals surface area contributed by atoms with Crippen molar-refractivity contribution in [2.75, 3.05) is 13.1 Å². The molecule has 1 aliphatic rings. The molecule has 1 aromatic heterocycles. The van der Waals surface area contributed by atoms with Crippen LogP contribution in [0.25, 0.3) is 0 Å². The van der Waals surface area contributed by atoms with Gasteiger partial charge in [-0.05, 0) is 18.4 Å². The first kappa shape index (κ1) is 17.6. The zero-order chi connectivity index (χ0) is 17.9. The monoisotopic (exact) mass is 362 g/mol. The van der Waals surface area contributed by atoms with Crippen molar-refractivity contribution in [2.24, 2.45) is 0 Å². The average Bonchev–Trinajstić information content (AvgIpc) is 3.05. The first-order valence-corrected chi connectivity index (χ1v) is 9.73. The summed E-state index contributed by atoms with van der Waals surface area (Å²) in [6.07, 6.45) is 4.46. The molecule has 1 N–H and O–H groups in total. The highest BCUT2D eigenvalue weighted by Crippen LogP contribution is 2.20. The molecule has 1 fully saturated rings. The van der Waals surface area contributed by atoms with Gasteiger partial charge in [-0.3, -0.25) is 9.48 Å². The quantitative estimate of drug-likeness (QED) is 0.867. The Morgan fingerprint density at radius 2 is 2.08 bits per heavy atom. The normalized spacial score (nSPS) is 18.8. The standard InChI is InChI=1S/C17H22N4O3S/c1-14(22)19-16-8-5-9-21(12-16)25(23,24)17-10-18-20(13-17)11-15-6-3-2-4-7-15/h2-4,6-7,10,13,16H,5,8-9,11-12H2,1H3,(H,19,22). The van der Waals surface area contributed by atoms with E-state index in [9.17, 15) is 13.2 Å². The third-order valence-corrected chi connectivity index (χ3v) is 6.04. The maximum atomic E-state index is 12.8. The molecule has 1 atom stereocenters. The number of nitrogens with zero attached hydrogens (tertiary/aromatic N) is 3. The number of sulfonamides is 1. The molecule has 0 radical (unpaired) electrons. The number of amides is 1. The highest BCUT2D eigenvalue weighted by Gasteiger charge is 2.31. The summed E-state index contributed by atoms with van der Waals surface area (Å²) in [5.41, 5.74) is 1.05. The lowest BCUT2D eigenvalue weighted by Gasteiger charge is -2.31. The van der Waals surface area contributed by atoms with E-state index in [2.05, 4.69) is 10.4 Å². The second-order valence-electron chi connectivity index (χ2n) is 6.26. The van der Waals surface area contributed by atoms with Crippen molar-refractivity contribution in [3.63, 3.8) is 0 Å². The zero-order valence-corrected chi connectivity index (χ0v) is 14.9.